The Kier molecular flexibility index (Phi) is 3.60. The van der Waals surface area contributed by atoms with Crippen molar-refractivity contribution in [1.29, 1.82) is 0 Å². The summed E-state index contributed by atoms with van der Waals surface area (Å²) in [5.41, 5.74) is 0.574. The number of hydrogen-bond acceptors (Lipinski definition) is 1. The molecule has 1 N–H and O–H groups in total. The average Bonchev–Trinajstić information content (AvgIpc) is 2.11. The van der Waals surface area contributed by atoms with E-state index in [9.17, 15) is 4.39 Å². The van der Waals surface area contributed by atoms with Crippen LogP contribution in [0.5, 0.6) is 0 Å². The highest BCUT2D eigenvalue weighted by Gasteiger charge is 1.99. The SMILES string of the molecule is CC#CCNc1cc(F)ccc1Cl. The molecule has 0 saturated heterocycles. The van der Waals surface area contributed by atoms with E-state index in [0.717, 1.165) is 0 Å². The molecule has 1 aromatic carbocycles. The first kappa shape index (κ1) is 9.88. The third-order valence-corrected chi connectivity index (χ3v) is 1.80. The molecule has 0 aromatic heterocycles. The van der Waals surface area contributed by atoms with Crippen LogP contribution in [0.3, 0.4) is 0 Å². The Hall–Kier alpha value is -1.20. The number of halogens is 2. The summed E-state index contributed by atoms with van der Waals surface area (Å²) in [6.07, 6.45) is 0. The molecule has 0 bridgehead atoms. The molecule has 0 radical (unpaired) electrons. The summed E-state index contributed by atoms with van der Waals surface area (Å²) in [6, 6.07) is 4.18. The highest BCUT2D eigenvalue weighted by Crippen LogP contribution is 2.21. The van der Waals surface area contributed by atoms with E-state index in [1.54, 1.807) is 6.92 Å². The van der Waals surface area contributed by atoms with Crippen molar-refractivity contribution in [2.45, 2.75) is 6.92 Å². The quantitative estimate of drug-likeness (QED) is 0.719. The van der Waals surface area contributed by atoms with Gasteiger partial charge in [0.15, 0.2) is 0 Å². The number of benzene rings is 1. The molecule has 68 valence electrons. The van der Waals surface area contributed by atoms with Crippen molar-refractivity contribution < 1.29 is 4.39 Å². The van der Waals surface area contributed by atoms with Gasteiger partial charge in [-0.25, -0.2) is 4.39 Å². The molecule has 1 rings (SSSR count). The van der Waals surface area contributed by atoms with E-state index >= 15 is 0 Å². The van der Waals surface area contributed by atoms with Gasteiger partial charge in [-0.15, -0.1) is 5.92 Å². The van der Waals surface area contributed by atoms with Gasteiger partial charge in [0.2, 0.25) is 0 Å². The summed E-state index contributed by atoms with van der Waals surface area (Å²) in [5, 5.41) is 3.41. The molecule has 0 aliphatic carbocycles. The third kappa shape index (κ3) is 2.96. The lowest BCUT2D eigenvalue weighted by Crippen LogP contribution is -1.99. The monoisotopic (exact) mass is 197 g/mol. The summed E-state index contributed by atoms with van der Waals surface area (Å²) in [7, 11) is 0. The number of anilines is 1. The summed E-state index contributed by atoms with van der Waals surface area (Å²) in [4.78, 5) is 0. The highest BCUT2D eigenvalue weighted by molar-refractivity contribution is 6.33. The molecule has 0 atom stereocenters. The van der Waals surface area contributed by atoms with Gasteiger partial charge in [-0.1, -0.05) is 17.5 Å². The maximum Gasteiger partial charge on any atom is 0.125 e. The lowest BCUT2D eigenvalue weighted by Gasteiger charge is -2.04. The Bertz CT molecular complexity index is 352. The van der Waals surface area contributed by atoms with Gasteiger partial charge in [0.1, 0.15) is 5.82 Å². The van der Waals surface area contributed by atoms with E-state index < -0.39 is 0 Å². The van der Waals surface area contributed by atoms with Crippen LogP contribution in [0.1, 0.15) is 6.92 Å². The Labute approximate surface area is 81.9 Å². The summed E-state index contributed by atoms with van der Waals surface area (Å²) in [6.45, 7) is 2.22. The second-order valence-electron chi connectivity index (χ2n) is 2.40. The molecule has 0 aliphatic heterocycles. The van der Waals surface area contributed by atoms with Gasteiger partial charge >= 0.3 is 0 Å². The Morgan fingerprint density at radius 1 is 1.54 bits per heavy atom. The normalized spacial score (nSPS) is 8.85. The zero-order chi connectivity index (χ0) is 9.68. The van der Waals surface area contributed by atoms with Crippen LogP contribution in [-0.4, -0.2) is 6.54 Å². The van der Waals surface area contributed by atoms with Crippen molar-refractivity contribution in [3.63, 3.8) is 0 Å². The van der Waals surface area contributed by atoms with Gasteiger partial charge < -0.3 is 5.32 Å². The van der Waals surface area contributed by atoms with E-state index in [2.05, 4.69) is 17.2 Å². The predicted octanol–water partition coefficient (Wildman–Crippen LogP) is 2.91. The first-order valence-corrected chi connectivity index (χ1v) is 4.20. The summed E-state index contributed by atoms with van der Waals surface area (Å²) < 4.78 is 12.7. The van der Waals surface area contributed by atoms with E-state index in [-0.39, 0.29) is 5.82 Å². The molecule has 0 unspecified atom stereocenters. The van der Waals surface area contributed by atoms with Crippen molar-refractivity contribution in [3.8, 4) is 11.8 Å². The highest BCUT2D eigenvalue weighted by atomic mass is 35.5. The Morgan fingerprint density at radius 3 is 3.00 bits per heavy atom. The average molecular weight is 198 g/mol. The minimum Gasteiger partial charge on any atom is -0.373 e. The predicted molar refractivity (Wildman–Crippen MR) is 53.3 cm³/mol. The van der Waals surface area contributed by atoms with Gasteiger partial charge in [-0.3, -0.25) is 0 Å². The largest absolute Gasteiger partial charge is 0.373 e. The second kappa shape index (κ2) is 4.74. The minimum atomic E-state index is -0.309. The molecule has 1 nitrogen and oxygen atoms in total. The Morgan fingerprint density at radius 2 is 2.31 bits per heavy atom. The number of rotatable bonds is 2. The fourth-order valence-corrected chi connectivity index (χ4v) is 1.05. The lowest BCUT2D eigenvalue weighted by molar-refractivity contribution is 0.628. The van der Waals surface area contributed by atoms with Crippen LogP contribution >= 0.6 is 11.6 Å². The van der Waals surface area contributed by atoms with Gasteiger partial charge in [0, 0.05) is 0 Å². The summed E-state index contributed by atoms with van der Waals surface area (Å²) in [5.74, 6) is 5.21. The fraction of sp³-hybridized carbons (Fsp3) is 0.200. The molecule has 0 fully saturated rings. The van der Waals surface area contributed by atoms with Crippen molar-refractivity contribution in [2.75, 3.05) is 11.9 Å². The van der Waals surface area contributed by atoms with E-state index in [4.69, 9.17) is 11.6 Å². The maximum atomic E-state index is 12.7. The molecule has 1 aromatic rings. The van der Waals surface area contributed by atoms with Crippen LogP contribution in [0.25, 0.3) is 0 Å². The zero-order valence-corrected chi connectivity index (χ0v) is 7.95. The standard InChI is InChI=1S/C10H9ClFN/c1-2-3-6-13-10-7-8(12)4-5-9(10)11/h4-5,7,13H,6H2,1H3. The van der Waals surface area contributed by atoms with Gasteiger partial charge in [-0.05, 0) is 25.1 Å². The van der Waals surface area contributed by atoms with Crippen LogP contribution in [0.2, 0.25) is 5.02 Å². The molecule has 0 amide bonds. The van der Waals surface area contributed by atoms with Crippen LogP contribution in [0, 0.1) is 17.7 Å². The van der Waals surface area contributed by atoms with Crippen molar-refractivity contribution in [3.05, 3.63) is 29.0 Å². The number of nitrogens with one attached hydrogen (secondary N) is 1. The minimum absolute atomic E-state index is 0.309. The van der Waals surface area contributed by atoms with Gasteiger partial charge in [-0.2, -0.15) is 0 Å². The van der Waals surface area contributed by atoms with E-state index in [1.165, 1.54) is 18.2 Å². The summed E-state index contributed by atoms with van der Waals surface area (Å²) >= 11 is 5.80. The molecule has 0 heterocycles. The van der Waals surface area contributed by atoms with E-state index in [0.29, 0.717) is 17.3 Å². The second-order valence-corrected chi connectivity index (χ2v) is 2.81. The smallest absolute Gasteiger partial charge is 0.125 e. The molecule has 0 saturated carbocycles. The number of hydrogen-bond donors (Lipinski definition) is 1. The van der Waals surface area contributed by atoms with Crippen LogP contribution < -0.4 is 5.32 Å². The van der Waals surface area contributed by atoms with Crippen LogP contribution in [-0.2, 0) is 0 Å². The first-order valence-electron chi connectivity index (χ1n) is 3.82. The molecular formula is C10H9ClFN. The fourth-order valence-electron chi connectivity index (χ4n) is 0.861. The molecule has 0 aliphatic rings. The van der Waals surface area contributed by atoms with Crippen molar-refractivity contribution in [2.24, 2.45) is 0 Å². The van der Waals surface area contributed by atoms with E-state index in [1.807, 2.05) is 0 Å². The lowest BCUT2D eigenvalue weighted by atomic mass is 10.3. The Balaban J connectivity index is 2.73. The van der Waals surface area contributed by atoms with Crippen molar-refractivity contribution >= 4 is 17.3 Å². The van der Waals surface area contributed by atoms with Gasteiger partial charge in [0.05, 0.1) is 17.3 Å². The van der Waals surface area contributed by atoms with Crippen LogP contribution in [0.4, 0.5) is 10.1 Å². The molecule has 3 heteroatoms. The van der Waals surface area contributed by atoms with Crippen molar-refractivity contribution in [1.82, 2.24) is 0 Å². The molecule has 13 heavy (non-hydrogen) atoms. The maximum absolute atomic E-state index is 12.7. The first-order chi connectivity index (χ1) is 6.24. The zero-order valence-electron chi connectivity index (χ0n) is 7.20. The molecular weight excluding hydrogens is 189 g/mol. The van der Waals surface area contributed by atoms with Crippen LogP contribution in [0.15, 0.2) is 18.2 Å². The van der Waals surface area contributed by atoms with Gasteiger partial charge in [0.25, 0.3) is 0 Å². The third-order valence-electron chi connectivity index (χ3n) is 1.47. The topological polar surface area (TPSA) is 12.0 Å². The molecule has 0 spiro atoms.